The maximum Gasteiger partial charge on any atom is 0.0767 e. The van der Waals surface area contributed by atoms with Crippen LogP contribution in [-0.2, 0) is 20.0 Å². The summed E-state index contributed by atoms with van der Waals surface area (Å²) in [7, 11) is 2.03. The third kappa shape index (κ3) is 3.60. The maximum absolute atomic E-state index is 4.55. The van der Waals surface area contributed by atoms with Crippen molar-refractivity contribution < 1.29 is 0 Å². The van der Waals surface area contributed by atoms with Crippen molar-refractivity contribution >= 4 is 15.9 Å². The zero-order chi connectivity index (χ0) is 14.0. The molecule has 1 N–H and O–H groups in total. The van der Waals surface area contributed by atoms with Gasteiger partial charge in [-0.05, 0) is 53.4 Å². The summed E-state index contributed by atoms with van der Waals surface area (Å²) in [6.45, 7) is 7.81. The molecule has 0 amide bonds. The number of nitrogens with one attached hydrogen (secondary N) is 1. The SMILES string of the molecule is CCc1nn(C)c(CNC2CC(C)CC(C)C2)c1Br. The summed E-state index contributed by atoms with van der Waals surface area (Å²) in [5, 5.41) is 8.28. The monoisotopic (exact) mass is 327 g/mol. The molecule has 0 radical (unpaired) electrons. The predicted molar refractivity (Wildman–Crippen MR) is 83.1 cm³/mol. The second kappa shape index (κ2) is 6.40. The normalized spacial score (nSPS) is 27.7. The predicted octanol–water partition coefficient (Wildman–Crippen LogP) is 3.66. The molecule has 2 unspecified atom stereocenters. The third-order valence-electron chi connectivity index (χ3n) is 4.24. The van der Waals surface area contributed by atoms with Crippen molar-refractivity contribution in [2.75, 3.05) is 0 Å². The van der Waals surface area contributed by atoms with Gasteiger partial charge in [0.2, 0.25) is 0 Å². The van der Waals surface area contributed by atoms with Gasteiger partial charge < -0.3 is 5.32 Å². The van der Waals surface area contributed by atoms with Crippen molar-refractivity contribution in [1.82, 2.24) is 15.1 Å². The van der Waals surface area contributed by atoms with Crippen LogP contribution >= 0.6 is 15.9 Å². The second-order valence-electron chi connectivity index (χ2n) is 6.18. The molecule has 19 heavy (non-hydrogen) atoms. The van der Waals surface area contributed by atoms with Crippen molar-refractivity contribution in [1.29, 1.82) is 0 Å². The molecule has 3 nitrogen and oxygen atoms in total. The Balaban J connectivity index is 1.97. The molecule has 0 spiro atoms. The molecule has 4 heteroatoms. The van der Waals surface area contributed by atoms with Crippen LogP contribution in [0.15, 0.2) is 4.47 Å². The zero-order valence-corrected chi connectivity index (χ0v) is 14.1. The molecule has 1 aromatic heterocycles. The first-order valence-electron chi connectivity index (χ1n) is 7.44. The van der Waals surface area contributed by atoms with E-state index in [0.29, 0.717) is 6.04 Å². The Morgan fingerprint density at radius 2 is 1.89 bits per heavy atom. The van der Waals surface area contributed by atoms with Crippen LogP contribution in [0.25, 0.3) is 0 Å². The number of aryl methyl sites for hydroxylation is 2. The van der Waals surface area contributed by atoms with Crippen molar-refractivity contribution in [3.63, 3.8) is 0 Å². The summed E-state index contributed by atoms with van der Waals surface area (Å²) in [6, 6.07) is 0.658. The fourth-order valence-electron chi connectivity index (χ4n) is 3.37. The summed E-state index contributed by atoms with van der Waals surface area (Å²) in [5.74, 6) is 1.70. The van der Waals surface area contributed by atoms with Crippen molar-refractivity contribution in [3.8, 4) is 0 Å². The molecule has 1 aliphatic rings. The minimum absolute atomic E-state index is 0.658. The van der Waals surface area contributed by atoms with E-state index in [1.807, 2.05) is 11.7 Å². The fraction of sp³-hybridized carbons (Fsp3) is 0.800. The number of rotatable bonds is 4. The van der Waals surface area contributed by atoms with Crippen LogP contribution in [-0.4, -0.2) is 15.8 Å². The maximum atomic E-state index is 4.55. The van der Waals surface area contributed by atoms with E-state index in [2.05, 4.69) is 47.1 Å². The highest BCUT2D eigenvalue weighted by molar-refractivity contribution is 9.10. The average Bonchev–Trinajstić information content (AvgIpc) is 2.61. The lowest BCUT2D eigenvalue weighted by molar-refractivity contribution is 0.237. The van der Waals surface area contributed by atoms with E-state index in [9.17, 15) is 0 Å². The van der Waals surface area contributed by atoms with E-state index in [-0.39, 0.29) is 0 Å². The van der Waals surface area contributed by atoms with Crippen LogP contribution in [0.4, 0.5) is 0 Å². The number of aromatic nitrogens is 2. The Bertz CT molecular complexity index is 417. The molecular weight excluding hydrogens is 302 g/mol. The molecular formula is C15H26BrN3. The molecule has 2 atom stereocenters. The largest absolute Gasteiger partial charge is 0.308 e. The van der Waals surface area contributed by atoms with E-state index in [4.69, 9.17) is 0 Å². The zero-order valence-electron chi connectivity index (χ0n) is 12.5. The van der Waals surface area contributed by atoms with Gasteiger partial charge in [-0.1, -0.05) is 20.8 Å². The molecule has 1 aromatic rings. The van der Waals surface area contributed by atoms with Crippen LogP contribution < -0.4 is 5.32 Å². The second-order valence-corrected chi connectivity index (χ2v) is 6.97. The Kier molecular flexibility index (Phi) is 5.07. The summed E-state index contributed by atoms with van der Waals surface area (Å²) in [6.07, 6.45) is 4.97. The fourth-order valence-corrected chi connectivity index (χ4v) is 4.12. The van der Waals surface area contributed by atoms with Crippen molar-refractivity contribution in [3.05, 3.63) is 15.9 Å². The first-order valence-corrected chi connectivity index (χ1v) is 8.24. The highest BCUT2D eigenvalue weighted by Gasteiger charge is 2.24. The van der Waals surface area contributed by atoms with Crippen molar-refractivity contribution in [2.45, 2.75) is 59.0 Å². The van der Waals surface area contributed by atoms with Crippen LogP contribution in [0.5, 0.6) is 0 Å². The van der Waals surface area contributed by atoms with Gasteiger partial charge in [0, 0.05) is 19.6 Å². The summed E-state index contributed by atoms with van der Waals surface area (Å²) in [5.41, 5.74) is 2.42. The van der Waals surface area contributed by atoms with Gasteiger partial charge in [-0.3, -0.25) is 4.68 Å². The molecule has 1 saturated carbocycles. The Labute approximate surface area is 125 Å². The standard InChI is InChI=1S/C15H26BrN3/c1-5-13-15(16)14(19(4)18-13)9-17-12-7-10(2)6-11(3)8-12/h10-12,17H,5-9H2,1-4H3. The summed E-state index contributed by atoms with van der Waals surface area (Å²) < 4.78 is 3.19. The Hall–Kier alpha value is -0.350. The number of hydrogen-bond acceptors (Lipinski definition) is 2. The quantitative estimate of drug-likeness (QED) is 0.914. The average molecular weight is 328 g/mol. The first kappa shape index (κ1) is 15.0. The van der Waals surface area contributed by atoms with E-state index in [0.717, 1.165) is 30.5 Å². The van der Waals surface area contributed by atoms with E-state index in [1.54, 1.807) is 0 Å². The lowest BCUT2D eigenvalue weighted by atomic mass is 9.80. The molecule has 0 aliphatic heterocycles. The van der Waals surface area contributed by atoms with E-state index >= 15 is 0 Å². The smallest absolute Gasteiger partial charge is 0.0767 e. The van der Waals surface area contributed by atoms with Gasteiger partial charge in [0.05, 0.1) is 15.9 Å². The molecule has 0 bridgehead atoms. The lowest BCUT2D eigenvalue weighted by Crippen LogP contribution is -2.36. The number of nitrogens with zero attached hydrogens (tertiary/aromatic N) is 2. The molecule has 2 rings (SSSR count). The van der Waals surface area contributed by atoms with E-state index < -0.39 is 0 Å². The van der Waals surface area contributed by atoms with Crippen LogP contribution in [0, 0.1) is 11.8 Å². The van der Waals surface area contributed by atoms with Gasteiger partial charge in [-0.15, -0.1) is 0 Å². The Morgan fingerprint density at radius 1 is 1.26 bits per heavy atom. The number of hydrogen-bond donors (Lipinski definition) is 1. The van der Waals surface area contributed by atoms with Gasteiger partial charge >= 0.3 is 0 Å². The van der Waals surface area contributed by atoms with Gasteiger partial charge in [-0.2, -0.15) is 5.10 Å². The van der Waals surface area contributed by atoms with Gasteiger partial charge in [0.15, 0.2) is 0 Å². The minimum Gasteiger partial charge on any atom is -0.308 e. The van der Waals surface area contributed by atoms with E-state index in [1.165, 1.54) is 29.4 Å². The minimum atomic E-state index is 0.658. The molecule has 1 fully saturated rings. The molecule has 0 aromatic carbocycles. The number of halogens is 1. The summed E-state index contributed by atoms with van der Waals surface area (Å²) >= 11 is 3.69. The van der Waals surface area contributed by atoms with Crippen LogP contribution in [0.3, 0.4) is 0 Å². The third-order valence-corrected chi connectivity index (χ3v) is 5.16. The lowest BCUT2D eigenvalue weighted by Gasteiger charge is -2.32. The topological polar surface area (TPSA) is 29.9 Å². The Morgan fingerprint density at radius 3 is 2.42 bits per heavy atom. The van der Waals surface area contributed by atoms with Gasteiger partial charge in [0.1, 0.15) is 0 Å². The first-order chi connectivity index (χ1) is 9.01. The molecule has 108 valence electrons. The molecule has 1 aliphatic carbocycles. The van der Waals surface area contributed by atoms with Crippen molar-refractivity contribution in [2.24, 2.45) is 18.9 Å². The van der Waals surface area contributed by atoms with Gasteiger partial charge in [0.25, 0.3) is 0 Å². The van der Waals surface area contributed by atoms with Crippen LogP contribution in [0.1, 0.15) is 51.4 Å². The summed E-state index contributed by atoms with van der Waals surface area (Å²) in [4.78, 5) is 0. The highest BCUT2D eigenvalue weighted by Crippen LogP contribution is 2.29. The van der Waals surface area contributed by atoms with Crippen LogP contribution in [0.2, 0.25) is 0 Å². The highest BCUT2D eigenvalue weighted by atomic mass is 79.9. The molecule has 1 heterocycles. The van der Waals surface area contributed by atoms with Gasteiger partial charge in [-0.25, -0.2) is 0 Å². The molecule has 0 saturated heterocycles.